The maximum absolute atomic E-state index is 12.2. The Bertz CT molecular complexity index is 1120. The normalized spacial score (nSPS) is 11.3. The second kappa shape index (κ2) is 7.43. The molecule has 1 heterocycles. The molecule has 8 nitrogen and oxygen atoms in total. The first kappa shape index (κ1) is 19.0. The van der Waals surface area contributed by atoms with Crippen LogP contribution in [0.5, 0.6) is 0 Å². The van der Waals surface area contributed by atoms with E-state index in [1.54, 1.807) is 18.2 Å². The Balaban J connectivity index is 1.69. The number of sulfonamides is 1. The molecule has 4 N–H and O–H groups in total. The molecule has 140 valence electrons. The molecule has 10 heteroatoms. The van der Waals surface area contributed by atoms with Crippen molar-refractivity contribution >= 4 is 54.2 Å². The zero-order chi connectivity index (χ0) is 19.6. The van der Waals surface area contributed by atoms with Crippen molar-refractivity contribution in [2.24, 2.45) is 5.14 Å². The number of anilines is 2. The van der Waals surface area contributed by atoms with Crippen LogP contribution in [0.25, 0.3) is 10.2 Å². The van der Waals surface area contributed by atoms with Gasteiger partial charge in [-0.15, -0.1) is 0 Å². The average molecular weight is 404 g/mol. The zero-order valence-corrected chi connectivity index (χ0v) is 15.9. The van der Waals surface area contributed by atoms with Gasteiger partial charge in [0.25, 0.3) is 0 Å². The molecule has 2 amide bonds. The molecular weight excluding hydrogens is 388 g/mol. The lowest BCUT2D eigenvalue weighted by atomic mass is 10.1. The summed E-state index contributed by atoms with van der Waals surface area (Å²) < 4.78 is 23.3. The number of nitrogens with zero attached hydrogens (tertiary/aromatic N) is 1. The van der Waals surface area contributed by atoms with Crippen LogP contribution in [0.3, 0.4) is 0 Å². The average Bonchev–Trinajstić information content (AvgIpc) is 2.95. The summed E-state index contributed by atoms with van der Waals surface area (Å²) in [7, 11) is -3.76. The van der Waals surface area contributed by atoms with Gasteiger partial charge in [0, 0.05) is 12.6 Å². The van der Waals surface area contributed by atoms with E-state index in [0.717, 1.165) is 4.70 Å². The van der Waals surface area contributed by atoms with Crippen LogP contribution in [0.1, 0.15) is 12.5 Å². The van der Waals surface area contributed by atoms with Crippen molar-refractivity contribution in [3.63, 3.8) is 0 Å². The molecule has 1 aromatic heterocycles. The first-order valence-corrected chi connectivity index (χ1v) is 10.2. The summed E-state index contributed by atoms with van der Waals surface area (Å²) in [5, 5.41) is 10.9. The van der Waals surface area contributed by atoms with Crippen molar-refractivity contribution in [1.82, 2.24) is 4.98 Å². The number of thiazole rings is 1. The summed E-state index contributed by atoms with van der Waals surface area (Å²) in [4.78, 5) is 27.7. The van der Waals surface area contributed by atoms with Crippen molar-refractivity contribution in [1.29, 1.82) is 0 Å². The van der Waals surface area contributed by atoms with Gasteiger partial charge in [-0.1, -0.05) is 23.5 Å². The van der Waals surface area contributed by atoms with E-state index >= 15 is 0 Å². The highest BCUT2D eigenvalue weighted by molar-refractivity contribution is 7.89. The smallest absolute Gasteiger partial charge is 0.238 e. The van der Waals surface area contributed by atoms with E-state index < -0.39 is 10.0 Å². The lowest BCUT2D eigenvalue weighted by molar-refractivity contribution is -0.116. The van der Waals surface area contributed by atoms with Gasteiger partial charge >= 0.3 is 0 Å². The number of carbonyl (C=O) groups is 2. The molecule has 0 saturated heterocycles. The Morgan fingerprint density at radius 1 is 1.11 bits per heavy atom. The molecule has 27 heavy (non-hydrogen) atoms. The molecule has 0 fully saturated rings. The predicted octanol–water partition coefficient (Wildman–Crippen LogP) is 2.08. The lowest BCUT2D eigenvalue weighted by Gasteiger charge is -2.03. The molecule has 0 aliphatic rings. The summed E-state index contributed by atoms with van der Waals surface area (Å²) in [5.41, 5.74) is 2.02. The molecule has 0 radical (unpaired) electrons. The number of benzene rings is 2. The van der Waals surface area contributed by atoms with E-state index in [0.29, 0.717) is 21.9 Å². The standard InChI is InChI=1S/C17H16N4O4S2/c1-10(22)19-12-4-7-14-15(9-12)26-17(20-14)21-16(23)8-11-2-5-13(6-3-11)27(18,24)25/h2-7,9H,8H2,1H3,(H,19,22)(H2,18,24,25)(H,20,21,23). The minimum absolute atomic E-state index is 0.00666. The number of nitrogens with two attached hydrogens (primary N) is 1. The van der Waals surface area contributed by atoms with E-state index in [4.69, 9.17) is 5.14 Å². The molecule has 0 spiro atoms. The zero-order valence-electron chi connectivity index (χ0n) is 14.2. The van der Waals surface area contributed by atoms with Crippen molar-refractivity contribution in [2.75, 3.05) is 10.6 Å². The summed E-state index contributed by atoms with van der Waals surface area (Å²) in [5.74, 6) is -0.444. The molecule has 3 aromatic rings. The molecule has 0 aliphatic carbocycles. The Kier molecular flexibility index (Phi) is 5.22. The fourth-order valence-corrected chi connectivity index (χ4v) is 3.84. The largest absolute Gasteiger partial charge is 0.326 e. The molecule has 0 atom stereocenters. The number of hydrogen-bond acceptors (Lipinski definition) is 6. The summed E-state index contributed by atoms with van der Waals surface area (Å²) in [6.45, 7) is 1.43. The van der Waals surface area contributed by atoms with Gasteiger partial charge in [0.05, 0.1) is 21.5 Å². The summed E-state index contributed by atoms with van der Waals surface area (Å²) in [6.07, 6.45) is 0.0674. The van der Waals surface area contributed by atoms with Crippen molar-refractivity contribution in [3.8, 4) is 0 Å². The van der Waals surface area contributed by atoms with E-state index in [1.807, 2.05) is 0 Å². The number of fused-ring (bicyclic) bond motifs is 1. The highest BCUT2D eigenvalue weighted by Gasteiger charge is 2.11. The molecular formula is C17H16N4O4S2. The van der Waals surface area contributed by atoms with Gasteiger partial charge in [0.15, 0.2) is 5.13 Å². The number of rotatable bonds is 5. The molecule has 0 bridgehead atoms. The lowest BCUT2D eigenvalue weighted by Crippen LogP contribution is -2.15. The van der Waals surface area contributed by atoms with Crippen LogP contribution in [0, 0.1) is 0 Å². The van der Waals surface area contributed by atoms with Crippen LogP contribution in [-0.2, 0) is 26.0 Å². The first-order chi connectivity index (χ1) is 12.7. The molecule has 3 rings (SSSR count). The van der Waals surface area contributed by atoms with Gasteiger partial charge in [0.2, 0.25) is 21.8 Å². The van der Waals surface area contributed by atoms with Gasteiger partial charge in [-0.3, -0.25) is 9.59 Å². The van der Waals surface area contributed by atoms with E-state index in [9.17, 15) is 18.0 Å². The first-order valence-electron chi connectivity index (χ1n) is 7.80. The quantitative estimate of drug-likeness (QED) is 0.599. The Morgan fingerprint density at radius 3 is 2.44 bits per heavy atom. The third-order valence-corrected chi connectivity index (χ3v) is 5.43. The van der Waals surface area contributed by atoms with Gasteiger partial charge in [0.1, 0.15) is 0 Å². The third-order valence-electron chi connectivity index (χ3n) is 3.57. The van der Waals surface area contributed by atoms with Crippen molar-refractivity contribution in [3.05, 3.63) is 48.0 Å². The fraction of sp³-hybridized carbons (Fsp3) is 0.118. The third kappa shape index (κ3) is 4.88. The molecule has 0 saturated carbocycles. The minimum atomic E-state index is -3.76. The Labute approximate surface area is 159 Å². The number of hydrogen-bond donors (Lipinski definition) is 3. The van der Waals surface area contributed by atoms with E-state index in [2.05, 4.69) is 15.6 Å². The molecule has 0 aliphatic heterocycles. The van der Waals surface area contributed by atoms with Crippen LogP contribution >= 0.6 is 11.3 Å². The van der Waals surface area contributed by atoms with Gasteiger partial charge in [-0.2, -0.15) is 0 Å². The number of carbonyl (C=O) groups excluding carboxylic acids is 2. The second-order valence-electron chi connectivity index (χ2n) is 5.80. The topological polar surface area (TPSA) is 131 Å². The van der Waals surface area contributed by atoms with Gasteiger partial charge < -0.3 is 10.6 Å². The minimum Gasteiger partial charge on any atom is -0.326 e. The van der Waals surface area contributed by atoms with E-state index in [-0.39, 0.29) is 23.1 Å². The number of aromatic nitrogens is 1. The molecule has 2 aromatic carbocycles. The van der Waals surface area contributed by atoms with Crippen LogP contribution in [0.4, 0.5) is 10.8 Å². The Morgan fingerprint density at radius 2 is 1.81 bits per heavy atom. The maximum atomic E-state index is 12.2. The Hall–Kier alpha value is -2.82. The fourth-order valence-electron chi connectivity index (χ4n) is 2.40. The number of amides is 2. The van der Waals surface area contributed by atoms with E-state index in [1.165, 1.54) is 42.5 Å². The summed E-state index contributed by atoms with van der Waals surface area (Å²) >= 11 is 1.29. The highest BCUT2D eigenvalue weighted by Crippen LogP contribution is 2.28. The highest BCUT2D eigenvalue weighted by atomic mass is 32.2. The van der Waals surface area contributed by atoms with Crippen LogP contribution in [0.2, 0.25) is 0 Å². The second-order valence-corrected chi connectivity index (χ2v) is 8.39. The summed E-state index contributed by atoms with van der Waals surface area (Å²) in [6, 6.07) is 11.1. The van der Waals surface area contributed by atoms with Crippen LogP contribution in [0.15, 0.2) is 47.4 Å². The van der Waals surface area contributed by atoms with Crippen LogP contribution < -0.4 is 15.8 Å². The maximum Gasteiger partial charge on any atom is 0.238 e. The number of primary sulfonamides is 1. The SMILES string of the molecule is CC(=O)Nc1ccc2nc(NC(=O)Cc3ccc(S(N)(=O)=O)cc3)sc2c1. The van der Waals surface area contributed by atoms with Gasteiger partial charge in [-0.25, -0.2) is 18.5 Å². The van der Waals surface area contributed by atoms with Crippen molar-refractivity contribution in [2.45, 2.75) is 18.2 Å². The van der Waals surface area contributed by atoms with Crippen molar-refractivity contribution < 1.29 is 18.0 Å². The predicted molar refractivity (Wildman–Crippen MR) is 104 cm³/mol. The number of nitrogens with one attached hydrogen (secondary N) is 2. The monoisotopic (exact) mass is 404 g/mol. The molecule has 0 unspecified atom stereocenters. The van der Waals surface area contributed by atoms with Gasteiger partial charge in [-0.05, 0) is 35.9 Å². The van der Waals surface area contributed by atoms with Crippen LogP contribution in [-0.4, -0.2) is 25.2 Å².